The van der Waals surface area contributed by atoms with E-state index in [1.807, 2.05) is 43.6 Å². The van der Waals surface area contributed by atoms with Crippen molar-refractivity contribution in [3.63, 3.8) is 0 Å². The van der Waals surface area contributed by atoms with Crippen molar-refractivity contribution in [2.75, 3.05) is 7.05 Å². The molecule has 2 aromatic carbocycles. The molecule has 0 fully saturated rings. The Balaban J connectivity index is 1.78. The van der Waals surface area contributed by atoms with E-state index < -0.39 is 0 Å². The average molecular weight is 277 g/mol. The lowest BCUT2D eigenvalue weighted by atomic mass is 10.0. The number of aryl methyl sites for hydroxylation is 1. The minimum atomic E-state index is 0.224. The van der Waals surface area contributed by atoms with Crippen LogP contribution >= 0.6 is 0 Å². The van der Waals surface area contributed by atoms with Gasteiger partial charge in [-0.05, 0) is 37.6 Å². The highest BCUT2D eigenvalue weighted by atomic mass is 14.9. The van der Waals surface area contributed by atoms with Crippen molar-refractivity contribution in [2.24, 2.45) is 0 Å². The van der Waals surface area contributed by atoms with Crippen LogP contribution in [0.4, 0.5) is 0 Å². The van der Waals surface area contributed by atoms with E-state index in [1.54, 1.807) is 0 Å². The summed E-state index contributed by atoms with van der Waals surface area (Å²) in [5, 5.41) is 3.35. The molecule has 0 aliphatic carbocycles. The van der Waals surface area contributed by atoms with Crippen LogP contribution in [-0.2, 0) is 6.42 Å². The fourth-order valence-corrected chi connectivity index (χ4v) is 2.54. The van der Waals surface area contributed by atoms with Gasteiger partial charge in [-0.25, -0.2) is 4.98 Å². The SMILES string of the molecule is CNC(CCc1ccccc1)c1cnc2ccccc2n1. The molecule has 1 atom stereocenters. The number of nitrogens with zero attached hydrogens (tertiary/aromatic N) is 2. The highest BCUT2D eigenvalue weighted by molar-refractivity contribution is 5.73. The second kappa shape index (κ2) is 6.46. The van der Waals surface area contributed by atoms with E-state index >= 15 is 0 Å². The number of hydrogen-bond acceptors (Lipinski definition) is 3. The van der Waals surface area contributed by atoms with Gasteiger partial charge in [0.15, 0.2) is 0 Å². The maximum atomic E-state index is 4.73. The Labute approximate surface area is 125 Å². The molecular formula is C18H19N3. The predicted molar refractivity (Wildman–Crippen MR) is 86.1 cm³/mol. The molecule has 0 radical (unpaired) electrons. The molecule has 0 aliphatic rings. The molecule has 106 valence electrons. The summed E-state index contributed by atoms with van der Waals surface area (Å²) in [6, 6.07) is 18.8. The summed E-state index contributed by atoms with van der Waals surface area (Å²) in [7, 11) is 1.98. The summed E-state index contributed by atoms with van der Waals surface area (Å²) >= 11 is 0. The van der Waals surface area contributed by atoms with Gasteiger partial charge in [0.1, 0.15) is 0 Å². The Morgan fingerprint density at radius 2 is 1.67 bits per heavy atom. The summed E-state index contributed by atoms with van der Waals surface area (Å²) in [6.45, 7) is 0. The number of hydrogen-bond donors (Lipinski definition) is 1. The Hall–Kier alpha value is -2.26. The molecule has 0 saturated heterocycles. The van der Waals surface area contributed by atoms with Gasteiger partial charge in [0.2, 0.25) is 0 Å². The maximum absolute atomic E-state index is 4.73. The molecule has 0 aliphatic heterocycles. The van der Waals surface area contributed by atoms with Gasteiger partial charge >= 0.3 is 0 Å². The first kappa shape index (κ1) is 13.7. The number of para-hydroxylation sites is 2. The fourth-order valence-electron chi connectivity index (χ4n) is 2.54. The normalized spacial score (nSPS) is 12.4. The van der Waals surface area contributed by atoms with E-state index in [0.717, 1.165) is 29.6 Å². The zero-order valence-electron chi connectivity index (χ0n) is 12.2. The lowest BCUT2D eigenvalue weighted by molar-refractivity contribution is 0.535. The molecule has 3 heteroatoms. The first-order valence-corrected chi connectivity index (χ1v) is 7.29. The van der Waals surface area contributed by atoms with E-state index in [-0.39, 0.29) is 6.04 Å². The molecule has 0 amide bonds. The van der Waals surface area contributed by atoms with Crippen molar-refractivity contribution < 1.29 is 0 Å². The first-order valence-electron chi connectivity index (χ1n) is 7.29. The van der Waals surface area contributed by atoms with Crippen molar-refractivity contribution >= 4 is 11.0 Å². The van der Waals surface area contributed by atoms with Gasteiger partial charge < -0.3 is 5.32 Å². The fraction of sp³-hybridized carbons (Fsp3) is 0.222. The first-order chi connectivity index (χ1) is 10.4. The van der Waals surface area contributed by atoms with Crippen molar-refractivity contribution in [3.05, 3.63) is 72.1 Å². The van der Waals surface area contributed by atoms with Crippen LogP contribution in [0.1, 0.15) is 23.7 Å². The molecule has 3 rings (SSSR count). The third-order valence-corrected chi connectivity index (χ3v) is 3.74. The number of fused-ring (bicyclic) bond motifs is 1. The molecule has 0 spiro atoms. The molecule has 1 N–H and O–H groups in total. The summed E-state index contributed by atoms with van der Waals surface area (Å²) in [6.07, 6.45) is 3.92. The quantitative estimate of drug-likeness (QED) is 0.775. The lowest BCUT2D eigenvalue weighted by Gasteiger charge is -2.15. The van der Waals surface area contributed by atoms with Gasteiger partial charge in [-0.1, -0.05) is 42.5 Å². The smallest absolute Gasteiger partial charge is 0.0890 e. The number of aromatic nitrogens is 2. The number of rotatable bonds is 5. The monoisotopic (exact) mass is 277 g/mol. The Kier molecular flexibility index (Phi) is 4.22. The van der Waals surface area contributed by atoms with Crippen LogP contribution in [0.2, 0.25) is 0 Å². The molecule has 0 bridgehead atoms. The van der Waals surface area contributed by atoms with Crippen LogP contribution in [0.15, 0.2) is 60.8 Å². The minimum Gasteiger partial charge on any atom is -0.312 e. The molecule has 1 aromatic heterocycles. The van der Waals surface area contributed by atoms with Crippen molar-refractivity contribution in [1.29, 1.82) is 0 Å². The third kappa shape index (κ3) is 3.26. The van der Waals surface area contributed by atoms with E-state index in [2.05, 4.69) is 34.6 Å². The standard InChI is InChI=1S/C18H19N3/c1-19-15(12-11-14-7-3-2-4-8-14)18-13-20-16-9-5-6-10-17(16)21-18/h2-10,13,15,19H,11-12H2,1H3. The topological polar surface area (TPSA) is 37.8 Å². The van der Waals surface area contributed by atoms with Crippen molar-refractivity contribution in [2.45, 2.75) is 18.9 Å². The Morgan fingerprint density at radius 3 is 2.43 bits per heavy atom. The summed E-state index contributed by atoms with van der Waals surface area (Å²) < 4.78 is 0. The number of benzene rings is 2. The molecule has 3 nitrogen and oxygen atoms in total. The van der Waals surface area contributed by atoms with Crippen molar-refractivity contribution in [1.82, 2.24) is 15.3 Å². The van der Waals surface area contributed by atoms with Crippen LogP contribution in [0.5, 0.6) is 0 Å². The van der Waals surface area contributed by atoms with Gasteiger partial charge in [-0.15, -0.1) is 0 Å². The summed E-state index contributed by atoms with van der Waals surface area (Å²) in [5.41, 5.74) is 4.26. The molecule has 1 heterocycles. The summed E-state index contributed by atoms with van der Waals surface area (Å²) in [4.78, 5) is 9.24. The average Bonchev–Trinajstić information content (AvgIpc) is 2.56. The zero-order valence-corrected chi connectivity index (χ0v) is 12.2. The Bertz CT molecular complexity index is 710. The Morgan fingerprint density at radius 1 is 0.952 bits per heavy atom. The number of nitrogens with one attached hydrogen (secondary N) is 1. The van der Waals surface area contributed by atoms with Gasteiger partial charge in [-0.3, -0.25) is 4.98 Å². The van der Waals surface area contributed by atoms with Crippen LogP contribution in [0, 0.1) is 0 Å². The van der Waals surface area contributed by atoms with Gasteiger partial charge in [0.25, 0.3) is 0 Å². The minimum absolute atomic E-state index is 0.224. The molecule has 1 unspecified atom stereocenters. The maximum Gasteiger partial charge on any atom is 0.0890 e. The van der Waals surface area contributed by atoms with E-state index in [4.69, 9.17) is 4.98 Å². The van der Waals surface area contributed by atoms with Gasteiger partial charge in [0, 0.05) is 0 Å². The third-order valence-electron chi connectivity index (χ3n) is 3.74. The molecular weight excluding hydrogens is 258 g/mol. The van der Waals surface area contributed by atoms with Crippen molar-refractivity contribution in [3.8, 4) is 0 Å². The summed E-state index contributed by atoms with van der Waals surface area (Å²) in [5.74, 6) is 0. The molecule has 21 heavy (non-hydrogen) atoms. The second-order valence-corrected chi connectivity index (χ2v) is 5.15. The van der Waals surface area contributed by atoms with Crippen LogP contribution in [0.3, 0.4) is 0 Å². The highest BCUT2D eigenvalue weighted by Gasteiger charge is 2.12. The van der Waals surface area contributed by atoms with E-state index in [1.165, 1.54) is 5.56 Å². The highest BCUT2D eigenvalue weighted by Crippen LogP contribution is 2.19. The molecule has 0 saturated carbocycles. The zero-order chi connectivity index (χ0) is 14.5. The largest absolute Gasteiger partial charge is 0.312 e. The lowest BCUT2D eigenvalue weighted by Crippen LogP contribution is -2.18. The van der Waals surface area contributed by atoms with Crippen LogP contribution in [-0.4, -0.2) is 17.0 Å². The van der Waals surface area contributed by atoms with Crippen LogP contribution < -0.4 is 5.32 Å². The van der Waals surface area contributed by atoms with Gasteiger partial charge in [-0.2, -0.15) is 0 Å². The van der Waals surface area contributed by atoms with E-state index in [9.17, 15) is 0 Å². The predicted octanol–water partition coefficient (Wildman–Crippen LogP) is 3.52. The van der Waals surface area contributed by atoms with Crippen LogP contribution in [0.25, 0.3) is 11.0 Å². The second-order valence-electron chi connectivity index (χ2n) is 5.15. The van der Waals surface area contributed by atoms with E-state index in [0.29, 0.717) is 0 Å². The van der Waals surface area contributed by atoms with Gasteiger partial charge in [0.05, 0.1) is 29.0 Å². The molecule has 3 aromatic rings.